The molecular weight excluding hydrogens is 226 g/mol. The smallest absolute Gasteiger partial charge is 0.241 e. The quantitative estimate of drug-likeness (QED) is 0.890. The summed E-state index contributed by atoms with van der Waals surface area (Å²) in [7, 11) is 1.79. The second-order valence-electron chi connectivity index (χ2n) is 5.44. The van der Waals surface area contributed by atoms with E-state index in [2.05, 4.69) is 31.1 Å². The molecule has 0 saturated carbocycles. The van der Waals surface area contributed by atoms with Gasteiger partial charge in [-0.3, -0.25) is 4.79 Å². The molecule has 0 bridgehead atoms. The van der Waals surface area contributed by atoms with Gasteiger partial charge in [0.05, 0.1) is 6.54 Å². The van der Waals surface area contributed by atoms with Crippen LogP contribution in [0, 0.1) is 0 Å². The Morgan fingerprint density at radius 3 is 2.50 bits per heavy atom. The fourth-order valence-electron chi connectivity index (χ4n) is 1.42. The Labute approximate surface area is 109 Å². The summed E-state index contributed by atoms with van der Waals surface area (Å²) in [5.41, 5.74) is 1.29. The van der Waals surface area contributed by atoms with Crippen LogP contribution in [0.25, 0.3) is 0 Å². The number of nitrogens with zero attached hydrogens (tertiary/aromatic N) is 2. The van der Waals surface area contributed by atoms with Gasteiger partial charge in [-0.1, -0.05) is 26.8 Å². The van der Waals surface area contributed by atoms with Gasteiger partial charge in [-0.2, -0.15) is 0 Å². The maximum absolute atomic E-state index is 11.6. The zero-order chi connectivity index (χ0) is 13.8. The molecule has 0 aliphatic carbocycles. The van der Waals surface area contributed by atoms with Gasteiger partial charge in [0.15, 0.2) is 0 Å². The molecule has 0 aliphatic rings. The number of hydrogen-bond acceptors (Lipinski definition) is 3. The van der Waals surface area contributed by atoms with Crippen LogP contribution < -0.4 is 5.32 Å². The van der Waals surface area contributed by atoms with E-state index in [4.69, 9.17) is 0 Å². The van der Waals surface area contributed by atoms with E-state index in [1.807, 2.05) is 25.3 Å². The van der Waals surface area contributed by atoms with Gasteiger partial charge in [0.1, 0.15) is 5.82 Å². The fourth-order valence-corrected chi connectivity index (χ4v) is 1.42. The molecular formula is C14H23N3O. The van der Waals surface area contributed by atoms with Crippen LogP contribution in [0.1, 0.15) is 33.3 Å². The predicted molar refractivity (Wildman–Crippen MR) is 74.7 cm³/mol. The number of hydrogen-bond donors (Lipinski definition) is 1. The SMILES string of the molecule is CCN(C)C(=O)CNc1ccc(C(C)(C)C)cn1. The minimum Gasteiger partial charge on any atom is -0.361 e. The Morgan fingerprint density at radius 2 is 2.06 bits per heavy atom. The van der Waals surface area contributed by atoms with Gasteiger partial charge in [-0.05, 0) is 24.0 Å². The highest BCUT2D eigenvalue weighted by molar-refractivity contribution is 5.80. The fraction of sp³-hybridized carbons (Fsp3) is 0.571. The summed E-state index contributed by atoms with van der Waals surface area (Å²) in [6, 6.07) is 3.96. The molecule has 1 N–H and O–H groups in total. The van der Waals surface area contributed by atoms with Crippen LogP contribution in [0.4, 0.5) is 5.82 Å². The van der Waals surface area contributed by atoms with E-state index < -0.39 is 0 Å². The Balaban J connectivity index is 2.57. The van der Waals surface area contributed by atoms with Crippen molar-refractivity contribution in [2.75, 3.05) is 25.5 Å². The Bertz CT molecular complexity index is 392. The maximum atomic E-state index is 11.6. The minimum absolute atomic E-state index is 0.0687. The molecule has 0 spiro atoms. The van der Waals surface area contributed by atoms with Crippen molar-refractivity contribution >= 4 is 11.7 Å². The van der Waals surface area contributed by atoms with Crippen LogP contribution in [0.2, 0.25) is 0 Å². The molecule has 4 nitrogen and oxygen atoms in total. The van der Waals surface area contributed by atoms with Crippen molar-refractivity contribution in [3.05, 3.63) is 23.9 Å². The highest BCUT2D eigenvalue weighted by Gasteiger charge is 2.13. The molecule has 0 atom stereocenters. The van der Waals surface area contributed by atoms with Gasteiger partial charge in [0.25, 0.3) is 0 Å². The zero-order valence-electron chi connectivity index (χ0n) is 11.9. The van der Waals surface area contributed by atoms with Gasteiger partial charge < -0.3 is 10.2 Å². The first-order valence-corrected chi connectivity index (χ1v) is 6.29. The van der Waals surface area contributed by atoms with Crippen LogP contribution in [0.3, 0.4) is 0 Å². The Kier molecular flexibility index (Phi) is 4.70. The number of pyridine rings is 1. The number of likely N-dealkylation sites (N-methyl/N-ethyl adjacent to an activating group) is 1. The normalized spacial score (nSPS) is 11.2. The highest BCUT2D eigenvalue weighted by Crippen LogP contribution is 2.21. The lowest BCUT2D eigenvalue weighted by Gasteiger charge is -2.19. The third-order valence-electron chi connectivity index (χ3n) is 2.95. The topological polar surface area (TPSA) is 45.2 Å². The number of aromatic nitrogens is 1. The summed E-state index contributed by atoms with van der Waals surface area (Å²) in [5, 5.41) is 3.04. The van der Waals surface area contributed by atoms with E-state index in [1.54, 1.807) is 11.9 Å². The summed E-state index contributed by atoms with van der Waals surface area (Å²) in [6.45, 7) is 9.40. The maximum Gasteiger partial charge on any atom is 0.241 e. The average molecular weight is 249 g/mol. The highest BCUT2D eigenvalue weighted by atomic mass is 16.2. The summed E-state index contributed by atoms with van der Waals surface area (Å²) in [4.78, 5) is 17.6. The molecule has 4 heteroatoms. The van der Waals surface area contributed by atoms with E-state index in [0.717, 1.165) is 12.4 Å². The molecule has 0 unspecified atom stereocenters. The molecule has 18 heavy (non-hydrogen) atoms. The van der Waals surface area contributed by atoms with E-state index >= 15 is 0 Å². The van der Waals surface area contributed by atoms with Crippen LogP contribution in [0.15, 0.2) is 18.3 Å². The number of rotatable bonds is 4. The minimum atomic E-state index is 0.0687. The van der Waals surface area contributed by atoms with Crippen molar-refractivity contribution in [3.63, 3.8) is 0 Å². The molecule has 0 radical (unpaired) electrons. The molecule has 1 rings (SSSR count). The van der Waals surface area contributed by atoms with Crippen LogP contribution >= 0.6 is 0 Å². The van der Waals surface area contributed by atoms with Crippen molar-refractivity contribution in [2.45, 2.75) is 33.1 Å². The number of anilines is 1. The van der Waals surface area contributed by atoms with Crippen LogP contribution in [-0.2, 0) is 10.2 Å². The number of amides is 1. The molecule has 1 amide bonds. The van der Waals surface area contributed by atoms with Crippen molar-refractivity contribution in [2.24, 2.45) is 0 Å². The summed E-state index contributed by atoms with van der Waals surface area (Å²) >= 11 is 0. The first kappa shape index (κ1) is 14.5. The number of carbonyl (C=O) groups excluding carboxylic acids is 1. The van der Waals surface area contributed by atoms with Gasteiger partial charge in [-0.15, -0.1) is 0 Å². The van der Waals surface area contributed by atoms with E-state index in [0.29, 0.717) is 0 Å². The molecule has 1 aromatic rings. The monoisotopic (exact) mass is 249 g/mol. The number of nitrogens with one attached hydrogen (secondary N) is 1. The Hall–Kier alpha value is -1.58. The second kappa shape index (κ2) is 5.85. The molecule has 1 heterocycles. The van der Waals surface area contributed by atoms with Crippen LogP contribution in [-0.4, -0.2) is 35.9 Å². The summed E-state index contributed by atoms with van der Waals surface area (Å²) in [5.74, 6) is 0.806. The third-order valence-corrected chi connectivity index (χ3v) is 2.95. The Morgan fingerprint density at radius 1 is 1.39 bits per heavy atom. The lowest BCUT2D eigenvalue weighted by atomic mass is 9.88. The predicted octanol–water partition coefficient (Wildman–Crippen LogP) is 2.27. The first-order valence-electron chi connectivity index (χ1n) is 6.29. The summed E-state index contributed by atoms with van der Waals surface area (Å²) < 4.78 is 0. The third kappa shape index (κ3) is 4.02. The van der Waals surface area contributed by atoms with Crippen molar-refractivity contribution in [3.8, 4) is 0 Å². The van der Waals surface area contributed by atoms with Gasteiger partial charge in [-0.25, -0.2) is 4.98 Å². The molecule has 0 aromatic carbocycles. The summed E-state index contributed by atoms with van der Waals surface area (Å²) in [6.07, 6.45) is 1.86. The average Bonchev–Trinajstić information content (AvgIpc) is 2.34. The standard InChI is InChI=1S/C14H23N3O/c1-6-17(5)13(18)10-16-12-8-7-11(9-15-12)14(2,3)4/h7-9H,6,10H2,1-5H3,(H,15,16). The second-order valence-corrected chi connectivity index (χ2v) is 5.44. The van der Waals surface area contributed by atoms with Gasteiger partial charge >= 0.3 is 0 Å². The molecule has 0 saturated heterocycles. The largest absolute Gasteiger partial charge is 0.361 e. The van der Waals surface area contributed by atoms with Crippen molar-refractivity contribution in [1.82, 2.24) is 9.88 Å². The van der Waals surface area contributed by atoms with Gasteiger partial charge in [0, 0.05) is 19.8 Å². The lowest BCUT2D eigenvalue weighted by molar-refractivity contribution is -0.127. The van der Waals surface area contributed by atoms with Crippen LogP contribution in [0.5, 0.6) is 0 Å². The molecule has 100 valence electrons. The van der Waals surface area contributed by atoms with Crippen molar-refractivity contribution in [1.29, 1.82) is 0 Å². The van der Waals surface area contributed by atoms with E-state index in [9.17, 15) is 4.79 Å². The van der Waals surface area contributed by atoms with E-state index in [-0.39, 0.29) is 17.9 Å². The van der Waals surface area contributed by atoms with Gasteiger partial charge in [0.2, 0.25) is 5.91 Å². The molecule has 0 fully saturated rings. The first-order chi connectivity index (χ1) is 8.34. The molecule has 1 aromatic heterocycles. The number of carbonyl (C=O) groups is 1. The van der Waals surface area contributed by atoms with E-state index in [1.165, 1.54) is 5.56 Å². The van der Waals surface area contributed by atoms with Crippen molar-refractivity contribution < 1.29 is 4.79 Å². The lowest BCUT2D eigenvalue weighted by Crippen LogP contribution is -2.32. The zero-order valence-corrected chi connectivity index (χ0v) is 11.9. The molecule has 0 aliphatic heterocycles.